The number of benzene rings is 1. The Morgan fingerprint density at radius 3 is 2.52 bits per heavy atom. The molecular formula is C16H14F3NO3. The second-order valence-electron chi connectivity index (χ2n) is 5.24. The predicted octanol–water partition coefficient (Wildman–Crippen LogP) is 3.51. The van der Waals surface area contributed by atoms with Crippen molar-refractivity contribution >= 4 is 5.91 Å². The van der Waals surface area contributed by atoms with Gasteiger partial charge in [0.2, 0.25) is 0 Å². The van der Waals surface area contributed by atoms with Gasteiger partial charge >= 0.3 is 6.18 Å². The number of rotatable bonds is 2. The summed E-state index contributed by atoms with van der Waals surface area (Å²) in [6.45, 7) is 1.05. The SMILES string of the molecule is O=C(c1ccoc1)N1CCO[C@@H](c2ccc(C(F)(F)F)cc2)C1. The van der Waals surface area contributed by atoms with Crippen LogP contribution in [0, 0.1) is 0 Å². The van der Waals surface area contributed by atoms with E-state index in [1.807, 2.05) is 0 Å². The molecule has 1 atom stereocenters. The summed E-state index contributed by atoms with van der Waals surface area (Å²) >= 11 is 0. The number of furan rings is 1. The number of hydrogen-bond acceptors (Lipinski definition) is 3. The van der Waals surface area contributed by atoms with Gasteiger partial charge in [0.05, 0.1) is 30.5 Å². The summed E-state index contributed by atoms with van der Waals surface area (Å²) in [5.74, 6) is -0.182. The van der Waals surface area contributed by atoms with Gasteiger partial charge in [-0.1, -0.05) is 12.1 Å². The van der Waals surface area contributed by atoms with E-state index < -0.39 is 17.8 Å². The van der Waals surface area contributed by atoms with Crippen molar-refractivity contribution in [2.24, 2.45) is 0 Å². The molecule has 2 aromatic rings. The van der Waals surface area contributed by atoms with Crippen molar-refractivity contribution in [1.29, 1.82) is 0 Å². The van der Waals surface area contributed by atoms with E-state index >= 15 is 0 Å². The molecule has 1 saturated heterocycles. The fourth-order valence-electron chi connectivity index (χ4n) is 2.49. The Bertz CT molecular complexity index is 665. The second-order valence-corrected chi connectivity index (χ2v) is 5.24. The average molecular weight is 325 g/mol. The van der Waals surface area contributed by atoms with Crippen LogP contribution in [0.3, 0.4) is 0 Å². The summed E-state index contributed by atoms with van der Waals surface area (Å²) in [7, 11) is 0. The van der Waals surface area contributed by atoms with Gasteiger partial charge in [-0.15, -0.1) is 0 Å². The predicted molar refractivity (Wildman–Crippen MR) is 74.7 cm³/mol. The zero-order valence-corrected chi connectivity index (χ0v) is 12.0. The number of halogens is 3. The van der Waals surface area contributed by atoms with Crippen molar-refractivity contribution in [2.45, 2.75) is 12.3 Å². The standard InChI is InChI=1S/C16H14F3NO3/c17-16(18,19)13-3-1-11(2-4-13)14-9-20(6-8-23-14)15(21)12-5-7-22-10-12/h1-5,7,10,14H,6,8-9H2/t14-/m1/s1. The first-order valence-corrected chi connectivity index (χ1v) is 7.05. The first kappa shape index (κ1) is 15.6. The molecule has 0 unspecified atom stereocenters. The Morgan fingerprint density at radius 2 is 1.91 bits per heavy atom. The van der Waals surface area contributed by atoms with Gasteiger partial charge in [0, 0.05) is 6.54 Å². The number of ether oxygens (including phenoxy) is 1. The highest BCUT2D eigenvalue weighted by molar-refractivity contribution is 5.93. The number of hydrogen-bond donors (Lipinski definition) is 0. The fourth-order valence-corrected chi connectivity index (χ4v) is 2.49. The zero-order chi connectivity index (χ0) is 16.4. The van der Waals surface area contributed by atoms with Crippen molar-refractivity contribution in [3.8, 4) is 0 Å². The van der Waals surface area contributed by atoms with Gasteiger partial charge in [-0.2, -0.15) is 13.2 Å². The Kier molecular flexibility index (Phi) is 4.12. The van der Waals surface area contributed by atoms with Crippen molar-refractivity contribution in [3.63, 3.8) is 0 Å². The minimum absolute atomic E-state index is 0.182. The highest BCUT2D eigenvalue weighted by Gasteiger charge is 2.31. The molecule has 1 aliphatic heterocycles. The Hall–Kier alpha value is -2.28. The minimum atomic E-state index is -4.37. The van der Waals surface area contributed by atoms with Gasteiger partial charge < -0.3 is 14.1 Å². The summed E-state index contributed by atoms with van der Waals surface area (Å²) < 4.78 is 48.3. The molecule has 0 radical (unpaired) electrons. The molecule has 1 aliphatic rings. The molecule has 122 valence electrons. The first-order chi connectivity index (χ1) is 10.9. The second kappa shape index (κ2) is 6.08. The van der Waals surface area contributed by atoms with Crippen LogP contribution in [0.4, 0.5) is 13.2 Å². The van der Waals surface area contributed by atoms with Gasteiger partial charge in [-0.3, -0.25) is 4.79 Å². The van der Waals surface area contributed by atoms with Crippen LogP contribution >= 0.6 is 0 Å². The number of alkyl halides is 3. The number of nitrogens with zero attached hydrogens (tertiary/aromatic N) is 1. The maximum atomic E-state index is 12.6. The van der Waals surface area contributed by atoms with Crippen LogP contribution in [0.1, 0.15) is 27.6 Å². The van der Waals surface area contributed by atoms with E-state index in [0.29, 0.717) is 24.3 Å². The van der Waals surface area contributed by atoms with Crippen LogP contribution in [0.25, 0.3) is 0 Å². The molecule has 0 aliphatic carbocycles. The molecule has 2 heterocycles. The lowest BCUT2D eigenvalue weighted by Crippen LogP contribution is -2.42. The quantitative estimate of drug-likeness (QED) is 0.848. The first-order valence-electron chi connectivity index (χ1n) is 7.05. The van der Waals surface area contributed by atoms with Crippen LogP contribution in [-0.4, -0.2) is 30.5 Å². The van der Waals surface area contributed by atoms with E-state index in [4.69, 9.17) is 9.15 Å². The van der Waals surface area contributed by atoms with Gasteiger partial charge in [-0.05, 0) is 23.8 Å². The molecule has 1 aromatic heterocycles. The maximum absolute atomic E-state index is 12.6. The molecule has 4 nitrogen and oxygen atoms in total. The van der Waals surface area contributed by atoms with Crippen LogP contribution in [0.2, 0.25) is 0 Å². The number of morpholine rings is 1. The van der Waals surface area contributed by atoms with E-state index in [9.17, 15) is 18.0 Å². The van der Waals surface area contributed by atoms with Crippen molar-refractivity contribution < 1.29 is 27.1 Å². The average Bonchev–Trinajstić information content (AvgIpc) is 3.08. The molecule has 0 spiro atoms. The number of amides is 1. The van der Waals surface area contributed by atoms with E-state index in [2.05, 4.69) is 0 Å². The fraction of sp³-hybridized carbons (Fsp3) is 0.312. The monoisotopic (exact) mass is 325 g/mol. The third kappa shape index (κ3) is 3.39. The minimum Gasteiger partial charge on any atom is -0.472 e. The van der Waals surface area contributed by atoms with Gasteiger partial charge in [-0.25, -0.2) is 0 Å². The van der Waals surface area contributed by atoms with E-state index in [-0.39, 0.29) is 12.5 Å². The summed E-state index contributed by atoms with van der Waals surface area (Å²) in [5.41, 5.74) is 0.351. The Balaban J connectivity index is 1.72. The molecule has 1 fully saturated rings. The lowest BCUT2D eigenvalue weighted by molar-refractivity contribution is -0.137. The summed E-state index contributed by atoms with van der Waals surface area (Å²) in [4.78, 5) is 13.9. The number of carbonyl (C=O) groups is 1. The zero-order valence-electron chi connectivity index (χ0n) is 12.0. The summed E-state index contributed by atoms with van der Waals surface area (Å²) in [6, 6.07) is 6.40. The van der Waals surface area contributed by atoms with Gasteiger partial charge in [0.1, 0.15) is 12.4 Å². The van der Waals surface area contributed by atoms with E-state index in [1.54, 1.807) is 11.0 Å². The summed E-state index contributed by atoms with van der Waals surface area (Å²) in [6.07, 6.45) is -2.02. The number of carbonyl (C=O) groups excluding carboxylic acids is 1. The Morgan fingerprint density at radius 1 is 1.17 bits per heavy atom. The highest BCUT2D eigenvalue weighted by atomic mass is 19.4. The van der Waals surface area contributed by atoms with Crippen molar-refractivity contribution in [2.75, 3.05) is 19.7 Å². The van der Waals surface area contributed by atoms with Gasteiger partial charge in [0.25, 0.3) is 5.91 Å². The molecule has 0 N–H and O–H groups in total. The molecule has 23 heavy (non-hydrogen) atoms. The van der Waals surface area contributed by atoms with E-state index in [1.165, 1.54) is 24.7 Å². The van der Waals surface area contributed by atoms with Crippen LogP contribution < -0.4 is 0 Å². The molecular weight excluding hydrogens is 311 g/mol. The van der Waals surface area contributed by atoms with Crippen molar-refractivity contribution in [3.05, 3.63) is 59.5 Å². The van der Waals surface area contributed by atoms with Crippen LogP contribution in [-0.2, 0) is 10.9 Å². The lowest BCUT2D eigenvalue weighted by Gasteiger charge is -2.33. The molecule has 7 heteroatoms. The van der Waals surface area contributed by atoms with Crippen molar-refractivity contribution in [1.82, 2.24) is 4.90 Å². The van der Waals surface area contributed by atoms with Gasteiger partial charge in [0.15, 0.2) is 0 Å². The Labute approximate surface area is 130 Å². The highest BCUT2D eigenvalue weighted by Crippen LogP contribution is 2.31. The van der Waals surface area contributed by atoms with Crippen LogP contribution in [0.15, 0.2) is 47.3 Å². The largest absolute Gasteiger partial charge is 0.472 e. The molecule has 1 amide bonds. The van der Waals surface area contributed by atoms with Crippen LogP contribution in [0.5, 0.6) is 0 Å². The van der Waals surface area contributed by atoms with E-state index in [0.717, 1.165) is 12.1 Å². The summed E-state index contributed by atoms with van der Waals surface area (Å²) in [5, 5.41) is 0. The lowest BCUT2D eigenvalue weighted by atomic mass is 10.0. The molecule has 3 rings (SSSR count). The smallest absolute Gasteiger partial charge is 0.416 e. The topological polar surface area (TPSA) is 42.7 Å². The third-order valence-electron chi connectivity index (χ3n) is 3.73. The third-order valence-corrected chi connectivity index (χ3v) is 3.73. The molecule has 0 bridgehead atoms. The molecule has 0 saturated carbocycles. The molecule has 1 aromatic carbocycles. The maximum Gasteiger partial charge on any atom is 0.416 e. The normalized spacial score (nSPS) is 18.9.